The maximum Gasteiger partial charge on any atom is 0.148 e. The van der Waals surface area contributed by atoms with E-state index >= 15 is 0 Å². The second-order valence-electron chi connectivity index (χ2n) is 4.64. The molecule has 1 aromatic carbocycles. The first-order valence-electron chi connectivity index (χ1n) is 5.97. The third kappa shape index (κ3) is 3.16. The zero-order valence-corrected chi connectivity index (χ0v) is 10.5. The van der Waals surface area contributed by atoms with E-state index in [-0.39, 0.29) is 24.4 Å². The van der Waals surface area contributed by atoms with Crippen molar-refractivity contribution in [1.29, 1.82) is 0 Å². The molecule has 0 atom stereocenters. The van der Waals surface area contributed by atoms with E-state index in [0.717, 1.165) is 0 Å². The van der Waals surface area contributed by atoms with Gasteiger partial charge in [0.15, 0.2) is 0 Å². The molecular formula is C14H16FNO3. The normalized spacial score (nSPS) is 16.3. The van der Waals surface area contributed by atoms with Gasteiger partial charge in [-0.1, -0.05) is 5.92 Å². The van der Waals surface area contributed by atoms with Gasteiger partial charge in [-0.25, -0.2) is 4.39 Å². The number of benzene rings is 1. The Bertz CT molecular complexity index is 475. The zero-order valence-electron chi connectivity index (χ0n) is 10.5. The highest BCUT2D eigenvalue weighted by atomic mass is 19.1. The van der Waals surface area contributed by atoms with E-state index in [1.54, 1.807) is 0 Å². The van der Waals surface area contributed by atoms with Gasteiger partial charge in [0.2, 0.25) is 0 Å². The molecular weight excluding hydrogens is 249 g/mol. The van der Waals surface area contributed by atoms with Crippen LogP contribution in [0.3, 0.4) is 0 Å². The summed E-state index contributed by atoms with van der Waals surface area (Å²) in [6.45, 7) is 1.61. The number of aliphatic hydroxyl groups excluding tert-OH is 1. The van der Waals surface area contributed by atoms with E-state index in [1.165, 1.54) is 18.2 Å². The van der Waals surface area contributed by atoms with Crippen molar-refractivity contribution >= 4 is 5.69 Å². The lowest BCUT2D eigenvalue weighted by atomic mass is 9.87. The first-order chi connectivity index (χ1) is 9.19. The first-order valence-corrected chi connectivity index (χ1v) is 5.97. The Balaban J connectivity index is 2.05. The van der Waals surface area contributed by atoms with E-state index in [9.17, 15) is 9.50 Å². The largest absolute Gasteiger partial charge is 0.479 e. The molecule has 1 saturated heterocycles. The third-order valence-corrected chi connectivity index (χ3v) is 3.06. The molecule has 19 heavy (non-hydrogen) atoms. The minimum Gasteiger partial charge on any atom is -0.479 e. The lowest BCUT2D eigenvalue weighted by Gasteiger charge is -2.40. The maximum atomic E-state index is 13.3. The molecule has 0 unspecified atom stereocenters. The number of terminal acetylenes is 1. The molecule has 2 rings (SSSR count). The fraction of sp³-hybridized carbons (Fsp3) is 0.429. The summed E-state index contributed by atoms with van der Waals surface area (Å²) in [4.78, 5) is 0. The van der Waals surface area contributed by atoms with Gasteiger partial charge >= 0.3 is 0 Å². The summed E-state index contributed by atoms with van der Waals surface area (Å²) in [5, 5.41) is 12.4. The van der Waals surface area contributed by atoms with Crippen LogP contribution in [0.5, 0.6) is 5.75 Å². The van der Waals surface area contributed by atoms with Crippen LogP contribution in [0.25, 0.3) is 0 Å². The number of rotatable bonds is 6. The highest BCUT2D eigenvalue weighted by molar-refractivity contribution is 5.56. The molecule has 2 N–H and O–H groups in total. The minimum atomic E-state index is -0.363. The van der Waals surface area contributed by atoms with Gasteiger partial charge in [0.1, 0.15) is 18.2 Å². The molecule has 5 heteroatoms. The van der Waals surface area contributed by atoms with Crippen molar-refractivity contribution < 1.29 is 19.0 Å². The molecule has 1 fully saturated rings. The lowest BCUT2D eigenvalue weighted by Crippen LogP contribution is -2.50. The first kappa shape index (κ1) is 13.7. The molecule has 0 saturated carbocycles. The highest BCUT2D eigenvalue weighted by Crippen LogP contribution is 2.30. The molecule has 0 radical (unpaired) electrons. The predicted molar refractivity (Wildman–Crippen MR) is 69.6 cm³/mol. The molecule has 102 valence electrons. The predicted octanol–water partition coefficient (Wildman–Crippen LogP) is 1.26. The Morgan fingerprint density at radius 3 is 2.89 bits per heavy atom. The van der Waals surface area contributed by atoms with Gasteiger partial charge in [0.25, 0.3) is 0 Å². The monoisotopic (exact) mass is 265 g/mol. The van der Waals surface area contributed by atoms with E-state index in [4.69, 9.17) is 15.9 Å². The number of aliphatic hydroxyl groups is 1. The van der Waals surface area contributed by atoms with Gasteiger partial charge in [-0.2, -0.15) is 0 Å². The molecule has 4 nitrogen and oxygen atoms in total. The van der Waals surface area contributed by atoms with Crippen LogP contribution in [0.2, 0.25) is 0 Å². The van der Waals surface area contributed by atoms with Crippen LogP contribution in [0.1, 0.15) is 0 Å². The number of hydrogen-bond donors (Lipinski definition) is 2. The van der Waals surface area contributed by atoms with Crippen LogP contribution in [-0.2, 0) is 4.74 Å². The minimum absolute atomic E-state index is 0.0237. The van der Waals surface area contributed by atoms with Gasteiger partial charge in [-0.15, -0.1) is 6.42 Å². The highest BCUT2D eigenvalue weighted by Gasteiger charge is 2.38. The summed E-state index contributed by atoms with van der Waals surface area (Å²) >= 11 is 0. The Labute approximate surface area is 111 Å². The molecule has 0 spiro atoms. The maximum absolute atomic E-state index is 13.3. The number of halogens is 1. The van der Waals surface area contributed by atoms with Crippen molar-refractivity contribution in [2.24, 2.45) is 5.41 Å². The standard InChI is InChI=1S/C14H16FNO3/c1-2-5-19-13-4-3-11(15)6-12(13)16-7-14(8-17)9-18-10-14/h1,3-4,6,16-17H,5,7-10H2. The van der Waals surface area contributed by atoms with Crippen molar-refractivity contribution in [2.45, 2.75) is 0 Å². The molecule has 1 aliphatic rings. The molecule has 0 bridgehead atoms. The van der Waals surface area contributed by atoms with Gasteiger partial charge in [0, 0.05) is 12.6 Å². The second kappa shape index (κ2) is 5.91. The molecule has 0 amide bonds. The summed E-state index contributed by atoms with van der Waals surface area (Å²) in [5.74, 6) is 2.49. The van der Waals surface area contributed by atoms with Gasteiger partial charge < -0.3 is 19.9 Å². The average Bonchev–Trinajstić information content (AvgIpc) is 2.37. The molecule has 0 aliphatic carbocycles. The van der Waals surface area contributed by atoms with E-state index in [0.29, 0.717) is 31.2 Å². The SMILES string of the molecule is C#CCOc1ccc(F)cc1NCC1(CO)COC1. The molecule has 1 aromatic rings. The Morgan fingerprint density at radius 1 is 1.53 bits per heavy atom. The molecule has 0 aromatic heterocycles. The van der Waals surface area contributed by atoms with Crippen LogP contribution < -0.4 is 10.1 Å². The Kier molecular flexibility index (Phi) is 4.25. The Morgan fingerprint density at radius 2 is 2.32 bits per heavy atom. The summed E-state index contributed by atoms with van der Waals surface area (Å²) in [7, 11) is 0. The number of ether oxygens (including phenoxy) is 2. The van der Waals surface area contributed by atoms with Crippen molar-refractivity contribution in [3.05, 3.63) is 24.0 Å². The van der Waals surface area contributed by atoms with Crippen LogP contribution in [0, 0.1) is 23.6 Å². The Hall–Kier alpha value is -1.77. The summed E-state index contributed by atoms with van der Waals surface area (Å²) < 4.78 is 23.7. The van der Waals surface area contributed by atoms with Crippen LogP contribution >= 0.6 is 0 Å². The number of anilines is 1. The summed E-state index contributed by atoms with van der Waals surface area (Å²) in [5.41, 5.74) is 0.227. The van der Waals surface area contributed by atoms with Crippen molar-refractivity contribution in [3.8, 4) is 18.1 Å². The molecule has 1 heterocycles. The average molecular weight is 265 g/mol. The number of hydrogen-bond acceptors (Lipinski definition) is 4. The van der Waals surface area contributed by atoms with E-state index < -0.39 is 0 Å². The quantitative estimate of drug-likeness (QED) is 0.760. The topological polar surface area (TPSA) is 50.7 Å². The van der Waals surface area contributed by atoms with Gasteiger partial charge in [-0.05, 0) is 12.1 Å². The van der Waals surface area contributed by atoms with Crippen LogP contribution in [0.15, 0.2) is 18.2 Å². The second-order valence-corrected chi connectivity index (χ2v) is 4.64. The van der Waals surface area contributed by atoms with Crippen molar-refractivity contribution in [1.82, 2.24) is 0 Å². The van der Waals surface area contributed by atoms with Crippen LogP contribution in [-0.4, -0.2) is 38.1 Å². The van der Waals surface area contributed by atoms with E-state index in [2.05, 4.69) is 11.2 Å². The van der Waals surface area contributed by atoms with E-state index in [1.807, 2.05) is 0 Å². The van der Waals surface area contributed by atoms with Gasteiger partial charge in [-0.3, -0.25) is 0 Å². The summed E-state index contributed by atoms with van der Waals surface area (Å²) in [6, 6.07) is 4.18. The van der Waals surface area contributed by atoms with Crippen LogP contribution in [0.4, 0.5) is 10.1 Å². The van der Waals surface area contributed by atoms with Crippen molar-refractivity contribution in [3.63, 3.8) is 0 Å². The zero-order chi connectivity index (χ0) is 13.7. The fourth-order valence-corrected chi connectivity index (χ4v) is 1.81. The van der Waals surface area contributed by atoms with Gasteiger partial charge in [0.05, 0.1) is 30.9 Å². The lowest BCUT2D eigenvalue weighted by molar-refractivity contribution is -0.128. The number of nitrogens with one attached hydrogen (secondary N) is 1. The fourth-order valence-electron chi connectivity index (χ4n) is 1.81. The third-order valence-electron chi connectivity index (χ3n) is 3.06. The smallest absolute Gasteiger partial charge is 0.148 e. The van der Waals surface area contributed by atoms with Crippen molar-refractivity contribution in [2.75, 3.05) is 38.3 Å². The molecule has 1 aliphatic heterocycles. The summed E-state index contributed by atoms with van der Waals surface area (Å²) in [6.07, 6.45) is 5.13.